The second-order valence-corrected chi connectivity index (χ2v) is 36.6. The molecule has 4 fully saturated rings. The molecule has 9 N–H and O–H groups in total. The van der Waals surface area contributed by atoms with E-state index < -0.39 is 72.3 Å². The van der Waals surface area contributed by atoms with Crippen LogP contribution in [0.4, 0.5) is 24.0 Å². The average molecular weight is 1820 g/mol. The van der Waals surface area contributed by atoms with E-state index in [4.69, 9.17) is 67.7 Å². The molecule has 2 unspecified atom stereocenters. The first-order chi connectivity index (χ1) is 63.0. The Bertz CT molecular complexity index is 5970. The highest BCUT2D eigenvalue weighted by molar-refractivity contribution is 6.08. The highest BCUT2D eigenvalue weighted by Crippen LogP contribution is 2.48. The van der Waals surface area contributed by atoms with E-state index in [1.165, 1.54) is 42.5 Å². The van der Waals surface area contributed by atoms with Gasteiger partial charge in [0.05, 0.1) is 117 Å². The highest BCUT2D eigenvalue weighted by atomic mass is 16.6. The fraction of sp³-hybridized carbons (Fsp3) is 0.490. The van der Waals surface area contributed by atoms with Crippen LogP contribution in [0.15, 0.2) is 97.3 Å². The Kier molecular flexibility index (Phi) is 28.7. The molecule has 10 aromatic rings. The molecule has 0 radical (unpaired) electrons. The summed E-state index contributed by atoms with van der Waals surface area (Å²) >= 11 is 0. The lowest BCUT2D eigenvalue weighted by Gasteiger charge is -2.32. The number of aromatic amines is 4. The molecule has 8 amide bonds. The molecular formula is C96H120N16O20. The number of carbonyl (C=O) groups excluding carboxylic acids is 8. The Labute approximate surface area is 764 Å². The monoisotopic (exact) mass is 1820 g/mol. The number of aliphatic carboxylic acids is 1. The number of likely N-dealkylation sites (tertiary alicyclic amines) is 4. The lowest BCUT2D eigenvalue weighted by molar-refractivity contribution is -0.143. The number of fused-ring (bicyclic) bond motifs is 12. The van der Waals surface area contributed by atoms with Gasteiger partial charge >= 0.3 is 36.4 Å². The summed E-state index contributed by atoms with van der Waals surface area (Å²) in [4.78, 5) is 154. The number of nitrogens with one attached hydrogen (secondary N) is 8. The van der Waals surface area contributed by atoms with Gasteiger partial charge in [-0.1, -0.05) is 71.0 Å². The Morgan fingerprint density at radius 3 is 1.33 bits per heavy atom. The average Bonchev–Trinajstić information content (AvgIpc) is 1.49. The molecule has 16 rings (SSSR count). The van der Waals surface area contributed by atoms with Crippen LogP contribution in [0.3, 0.4) is 0 Å². The van der Waals surface area contributed by atoms with Crippen molar-refractivity contribution < 1.29 is 95.6 Å². The highest BCUT2D eigenvalue weighted by Gasteiger charge is 2.47. The third kappa shape index (κ3) is 19.9. The SMILES string of the molecule is COC(=O)N[C@H](C(=O)N1[C@@H](C)CC[C@H]1c1nc2c(ccc3cc4c(cc32)OCc2cc(-c3cnc(C5C[C@H](C)CN5C(=O)OC(C)(C)C)[nH]3)ccc2-4)[nH]1)C(C)C.COC(=O)N[C@H](C(=O)O)[C@@H](C)OC.COC[C@H]1CC(c2ncc(-c3ccc4c(c3)COc3cc5c(ccc6[nH]c([C@@H]7CC[C@H](C)N7C(=O)[C@@H](NC(=O)OC)C(C)C)nc65)cc3-4)[nH]2)N(C(=O)[C@@H](NC(=O)OC)[C@@H](C)OC)C1. The number of benzene rings is 6. The molecule has 0 bridgehead atoms. The van der Waals surface area contributed by atoms with Crippen molar-refractivity contribution in [2.24, 2.45) is 23.7 Å². The maximum absolute atomic E-state index is 14.0. The topological polar surface area (TPSA) is 442 Å². The molecule has 0 saturated carbocycles. The Hall–Kier alpha value is -13.1. The summed E-state index contributed by atoms with van der Waals surface area (Å²) in [6.07, 6.45) is 3.88. The van der Waals surface area contributed by atoms with E-state index in [1.54, 1.807) is 30.0 Å². The van der Waals surface area contributed by atoms with Crippen LogP contribution in [0.1, 0.15) is 180 Å². The van der Waals surface area contributed by atoms with Gasteiger partial charge < -0.3 is 108 Å². The van der Waals surface area contributed by atoms with E-state index in [1.807, 2.05) is 90.4 Å². The molecule has 704 valence electrons. The van der Waals surface area contributed by atoms with Gasteiger partial charge in [0.2, 0.25) is 17.7 Å². The van der Waals surface area contributed by atoms with Crippen molar-refractivity contribution in [1.82, 2.24) is 80.7 Å². The van der Waals surface area contributed by atoms with Gasteiger partial charge in [0.1, 0.15) is 71.7 Å². The van der Waals surface area contributed by atoms with Gasteiger partial charge in [-0.05, 0) is 197 Å². The third-order valence-corrected chi connectivity index (χ3v) is 25.8. The van der Waals surface area contributed by atoms with E-state index in [-0.39, 0.29) is 77.8 Å². The minimum atomic E-state index is -1.17. The summed E-state index contributed by atoms with van der Waals surface area (Å²) in [5.41, 5.74) is 12.6. The van der Waals surface area contributed by atoms with Crippen molar-refractivity contribution in [3.63, 3.8) is 0 Å². The predicted molar refractivity (Wildman–Crippen MR) is 490 cm³/mol. The Morgan fingerprint density at radius 2 is 0.917 bits per heavy atom. The number of carboxylic acid groups (broad SMARTS) is 1. The minimum absolute atomic E-state index is 0.0138. The van der Waals surface area contributed by atoms with E-state index in [9.17, 15) is 43.2 Å². The Morgan fingerprint density at radius 1 is 0.485 bits per heavy atom. The normalized spacial score (nSPS) is 20.4. The van der Waals surface area contributed by atoms with Crippen molar-refractivity contribution >= 4 is 97.8 Å². The van der Waals surface area contributed by atoms with Crippen molar-refractivity contribution in [2.45, 2.75) is 213 Å². The molecule has 10 heterocycles. The number of alkyl carbamates (subject to hydrolysis) is 4. The number of hydrogen-bond acceptors (Lipinski definition) is 23. The number of methoxy groups -OCH3 is 7. The number of carboxylic acids is 1. The molecule has 0 spiro atoms. The van der Waals surface area contributed by atoms with Crippen LogP contribution in [-0.2, 0) is 70.3 Å². The first-order valence-corrected chi connectivity index (χ1v) is 44.7. The third-order valence-electron chi connectivity index (χ3n) is 25.8. The van der Waals surface area contributed by atoms with Crippen LogP contribution in [0.2, 0.25) is 0 Å². The lowest BCUT2D eigenvalue weighted by Crippen LogP contribution is -2.54. The zero-order chi connectivity index (χ0) is 94.7. The fourth-order valence-electron chi connectivity index (χ4n) is 18.7. The first-order valence-electron chi connectivity index (χ1n) is 44.7. The van der Waals surface area contributed by atoms with Gasteiger partial charge in [0, 0.05) is 74.3 Å². The summed E-state index contributed by atoms with van der Waals surface area (Å²) in [7, 11) is 9.49. The molecule has 36 heteroatoms. The van der Waals surface area contributed by atoms with Crippen LogP contribution in [0, 0.1) is 23.7 Å². The Balaban J connectivity index is 0.000000188. The number of imidazole rings is 4. The molecule has 36 nitrogen and oxygen atoms in total. The largest absolute Gasteiger partial charge is 0.488 e. The number of ether oxygens (including phenoxy) is 10. The lowest BCUT2D eigenvalue weighted by atomic mass is 9.92. The van der Waals surface area contributed by atoms with Gasteiger partial charge in [0.25, 0.3) is 0 Å². The number of rotatable bonds is 22. The van der Waals surface area contributed by atoms with Gasteiger partial charge in [-0.25, -0.2) is 48.7 Å². The van der Waals surface area contributed by atoms with E-state index in [2.05, 4.69) is 126 Å². The van der Waals surface area contributed by atoms with Crippen molar-refractivity contribution in [2.75, 3.05) is 69.5 Å². The molecule has 0 aliphatic carbocycles. The van der Waals surface area contributed by atoms with Crippen LogP contribution < -0.4 is 30.7 Å². The fourth-order valence-corrected chi connectivity index (χ4v) is 18.7. The molecule has 6 aromatic carbocycles. The van der Waals surface area contributed by atoms with Gasteiger partial charge in [-0.3, -0.25) is 19.3 Å². The summed E-state index contributed by atoms with van der Waals surface area (Å²) in [5, 5.41) is 22.9. The number of H-pyrrole nitrogens is 4. The summed E-state index contributed by atoms with van der Waals surface area (Å²) < 4.78 is 53.0. The molecule has 132 heavy (non-hydrogen) atoms. The summed E-state index contributed by atoms with van der Waals surface area (Å²) in [6, 6.07) is 24.6. The maximum atomic E-state index is 14.0. The number of carbonyl (C=O) groups is 9. The maximum Gasteiger partial charge on any atom is 0.410 e. The van der Waals surface area contributed by atoms with Gasteiger partial charge in [-0.15, -0.1) is 0 Å². The first kappa shape index (κ1) is 95.0. The van der Waals surface area contributed by atoms with E-state index in [0.29, 0.717) is 56.9 Å². The van der Waals surface area contributed by atoms with Crippen LogP contribution in [0.5, 0.6) is 11.5 Å². The standard InChI is InChI=1S/C46H56N8O9.C43H51N7O6.C7H13NO5/c1-23(2)38(51-45(57)61-7)44(56)54-24(3)9-14-35(54)42-48-33-13-11-27-17-32-30-12-10-28(16-29(30)22-63-37(32)18-31(27)40(33)50-42)34-19-47-41(49-34)36-15-26(21-59-5)20-53(36)43(55)39(25(4)60-6)52-46(58)62-8;1-22(2)36(48-41(52)54-8)40(51)50-24(4)9-14-33(50)39-45-31-13-11-25-17-30-28-12-10-26(16-27(28)21-55-35(30)18-29(25)37(31)47-39)32-19-44-38(46-32)34-15-23(3)20-49(34)42(53)56-43(5,6)7;1-4(12-2)5(6(9)10)8-7(11)13-3/h10-13,16-19,23-26,35-36,38-39H,9,14-15,20-22H2,1-8H3,(H,47,49)(H,48,50)(H,51,57)(H,52,58);10-13,16-19,22-24,33-34,36H,9,14-15,20-21H2,1-8H3,(H,44,46)(H,45,47)(H,48,52);4-5H,1-3H3,(H,8,11)(H,9,10)/t24-,25+,26-,35-,36?,38-,39-;23-,24-,33-,34?,36-;4-,5+/m001/s1. The molecule has 6 aliphatic heterocycles. The number of hydrogen-bond donors (Lipinski definition) is 9. The zero-order valence-corrected chi connectivity index (χ0v) is 78.0. The quantitative estimate of drug-likeness (QED) is 0.0285. The zero-order valence-electron chi connectivity index (χ0n) is 78.0. The van der Waals surface area contributed by atoms with Crippen LogP contribution in [0.25, 0.3) is 88.4 Å². The van der Waals surface area contributed by atoms with Crippen molar-refractivity contribution in [1.29, 1.82) is 0 Å². The second-order valence-electron chi connectivity index (χ2n) is 36.6. The second kappa shape index (κ2) is 39.9. The van der Waals surface area contributed by atoms with Crippen LogP contribution in [-0.4, -0.2) is 242 Å². The minimum Gasteiger partial charge on any atom is -0.488 e. The molecule has 4 saturated heterocycles. The number of aromatic nitrogens is 8. The van der Waals surface area contributed by atoms with Gasteiger partial charge in [0.15, 0.2) is 6.04 Å². The molecule has 6 aliphatic rings. The van der Waals surface area contributed by atoms with Gasteiger partial charge in [-0.2, -0.15) is 0 Å². The van der Waals surface area contributed by atoms with Crippen LogP contribution >= 0.6 is 0 Å². The number of nitrogens with zero attached hydrogens (tertiary/aromatic N) is 8. The number of amides is 8. The molecule has 14 atom stereocenters. The molecule has 4 aromatic heterocycles. The van der Waals surface area contributed by atoms with E-state index in [0.717, 1.165) is 162 Å². The van der Waals surface area contributed by atoms with Crippen molar-refractivity contribution in [3.05, 3.63) is 132 Å². The molecular weight excluding hydrogens is 1700 g/mol. The summed E-state index contributed by atoms with van der Waals surface area (Å²) in [5.74, 6) is 2.73. The van der Waals surface area contributed by atoms with Crippen molar-refractivity contribution in [3.8, 4) is 56.3 Å². The van der Waals surface area contributed by atoms with E-state index >= 15 is 0 Å². The summed E-state index contributed by atoms with van der Waals surface area (Å²) in [6.45, 7) is 25.1. The predicted octanol–water partition coefficient (Wildman–Crippen LogP) is 14.6. The smallest absolute Gasteiger partial charge is 0.410 e.